The van der Waals surface area contributed by atoms with E-state index in [-0.39, 0.29) is 26.5 Å². The van der Waals surface area contributed by atoms with E-state index in [2.05, 4.69) is 150 Å². The Morgan fingerprint density at radius 3 is 1.96 bits per heavy atom. The van der Waals surface area contributed by atoms with Crippen LogP contribution in [0.4, 0.5) is 17.1 Å². The fourth-order valence-corrected chi connectivity index (χ4v) is 7.55. The third-order valence-corrected chi connectivity index (χ3v) is 9.85. The van der Waals surface area contributed by atoms with Crippen molar-refractivity contribution in [3.63, 3.8) is 0 Å². The van der Waals surface area contributed by atoms with Gasteiger partial charge in [0.05, 0.1) is 0 Å². The number of anilines is 3. The fraction of sp³-hybridized carbons (Fsp3) is 0.0909. The summed E-state index contributed by atoms with van der Waals surface area (Å²) in [6, 6.07) is 50.5. The molecule has 0 fully saturated rings. The second-order valence-corrected chi connectivity index (χ2v) is 13.8. The molecule has 0 atom stereocenters. The van der Waals surface area contributed by atoms with Gasteiger partial charge in [0.15, 0.2) is 0 Å². The average molecular weight is 825 g/mol. The van der Waals surface area contributed by atoms with Crippen molar-refractivity contribution in [2.75, 3.05) is 4.90 Å². The third kappa shape index (κ3) is 4.43. The molecule has 0 amide bonds. The van der Waals surface area contributed by atoms with Crippen LogP contribution in [0.2, 0.25) is 0 Å². The quantitative estimate of drug-likeness (QED) is 0.166. The van der Waals surface area contributed by atoms with E-state index in [1.165, 1.54) is 32.6 Å². The van der Waals surface area contributed by atoms with Crippen molar-refractivity contribution in [2.24, 2.45) is 0 Å². The summed E-state index contributed by atoms with van der Waals surface area (Å²) in [7, 11) is 0. The Morgan fingerprint density at radius 2 is 1.22 bits per heavy atom. The van der Waals surface area contributed by atoms with Gasteiger partial charge in [-0.25, -0.2) is 9.97 Å². The maximum atomic E-state index is 4.91. The maximum absolute atomic E-state index is 4.91. The number of aromatic nitrogens is 4. The summed E-state index contributed by atoms with van der Waals surface area (Å²) in [5.41, 5.74) is 9.43. The van der Waals surface area contributed by atoms with Crippen LogP contribution in [0.1, 0.15) is 26.3 Å². The van der Waals surface area contributed by atoms with Crippen LogP contribution >= 0.6 is 0 Å². The van der Waals surface area contributed by atoms with E-state index in [1.807, 2.05) is 30.6 Å². The molecule has 6 heteroatoms. The minimum absolute atomic E-state index is 0. The normalized spacial score (nSPS) is 12.1. The summed E-state index contributed by atoms with van der Waals surface area (Å²) in [5.74, 6) is 0.862. The molecule has 0 bridgehead atoms. The molecular formula is C44H31N5Pt. The first-order valence-corrected chi connectivity index (χ1v) is 16.7. The smallest absolute Gasteiger partial charge is 0.358 e. The fourth-order valence-electron chi connectivity index (χ4n) is 7.55. The predicted octanol–water partition coefficient (Wildman–Crippen LogP) is 11.1. The largest absolute Gasteiger partial charge is 2.00 e. The number of para-hydroxylation sites is 2. The number of hydrogen-bond acceptors (Lipinski definition) is 3. The van der Waals surface area contributed by atoms with Gasteiger partial charge in [0.25, 0.3) is 0 Å². The van der Waals surface area contributed by atoms with Gasteiger partial charge in [-0.15, -0.1) is 35.0 Å². The van der Waals surface area contributed by atoms with Gasteiger partial charge in [-0.2, -0.15) is 12.1 Å². The second-order valence-electron chi connectivity index (χ2n) is 13.8. The Balaban J connectivity index is 0.00000336. The number of fused-ring (bicyclic) bond motifs is 9. The molecule has 5 aromatic heterocycles. The van der Waals surface area contributed by atoms with Crippen LogP contribution in [0.15, 0.2) is 134 Å². The summed E-state index contributed by atoms with van der Waals surface area (Å²) >= 11 is 0. The molecule has 0 radical (unpaired) electrons. The standard InChI is InChI=1S/C44H31N5.Pt/c1-44(2,3)28-24-36-34-21-19-31(27-40(34)49-42(36)37(25-28)35-15-11-23-46-43(35)49)47(29-12-5-4-6-13-29)30-18-20-33-32-14-7-8-16-38(32)48(39(33)26-30)41-17-9-10-22-45-41;/h4-25H,1-3H3;/q-2;+2. The van der Waals surface area contributed by atoms with E-state index >= 15 is 0 Å². The van der Waals surface area contributed by atoms with Crippen LogP contribution in [0, 0.1) is 12.1 Å². The number of hydrogen-bond donors (Lipinski definition) is 0. The van der Waals surface area contributed by atoms with E-state index in [9.17, 15) is 0 Å². The summed E-state index contributed by atoms with van der Waals surface area (Å²) in [6.45, 7) is 6.84. The topological polar surface area (TPSA) is 38.4 Å². The van der Waals surface area contributed by atoms with Gasteiger partial charge in [-0.1, -0.05) is 91.7 Å². The molecule has 0 aliphatic heterocycles. The van der Waals surface area contributed by atoms with Crippen molar-refractivity contribution in [1.29, 1.82) is 0 Å². The van der Waals surface area contributed by atoms with Gasteiger partial charge in [-0.05, 0) is 70.3 Å². The Hall–Kier alpha value is -5.51. The first-order valence-electron chi connectivity index (χ1n) is 16.7. The van der Waals surface area contributed by atoms with Crippen molar-refractivity contribution >= 4 is 77.1 Å². The number of benzene rings is 5. The molecule has 5 nitrogen and oxygen atoms in total. The van der Waals surface area contributed by atoms with E-state index in [4.69, 9.17) is 9.97 Å². The van der Waals surface area contributed by atoms with Crippen molar-refractivity contribution in [2.45, 2.75) is 26.2 Å². The molecule has 5 aromatic carbocycles. The molecule has 0 aliphatic carbocycles. The molecule has 50 heavy (non-hydrogen) atoms. The summed E-state index contributed by atoms with van der Waals surface area (Å²) < 4.78 is 4.52. The minimum atomic E-state index is 0. The molecule has 0 spiro atoms. The molecule has 0 saturated heterocycles. The molecule has 0 unspecified atom stereocenters. The van der Waals surface area contributed by atoms with Crippen LogP contribution in [0.3, 0.4) is 0 Å². The Morgan fingerprint density at radius 1 is 0.580 bits per heavy atom. The SMILES string of the molecule is CC(C)(C)c1cc2c3ccc(N(c4[c-]c5c(cc4)c4ccccc4n5-c4ccccn4)c4ccccc4)[c-]c3n3c4ncccc4c(c1)c23.[Pt+2]. The van der Waals surface area contributed by atoms with Crippen molar-refractivity contribution < 1.29 is 21.1 Å². The van der Waals surface area contributed by atoms with Crippen LogP contribution in [0.5, 0.6) is 0 Å². The molecule has 5 heterocycles. The molecular weight excluding hydrogens is 794 g/mol. The first-order chi connectivity index (χ1) is 24.0. The van der Waals surface area contributed by atoms with Crippen LogP contribution in [0.25, 0.3) is 65.8 Å². The average Bonchev–Trinajstić information content (AvgIpc) is 3.76. The van der Waals surface area contributed by atoms with Gasteiger partial charge in [-0.3, -0.25) is 0 Å². The summed E-state index contributed by atoms with van der Waals surface area (Å²) in [4.78, 5) is 11.9. The van der Waals surface area contributed by atoms with Crippen molar-refractivity contribution in [3.05, 3.63) is 151 Å². The maximum Gasteiger partial charge on any atom is 2.00 e. The Kier molecular flexibility index (Phi) is 6.88. The minimum Gasteiger partial charge on any atom is -0.358 e. The van der Waals surface area contributed by atoms with E-state index in [0.29, 0.717) is 0 Å². The van der Waals surface area contributed by atoms with Crippen LogP contribution < -0.4 is 4.90 Å². The van der Waals surface area contributed by atoms with Gasteiger partial charge in [0.2, 0.25) is 0 Å². The first kappa shape index (κ1) is 30.5. The second kappa shape index (κ2) is 11.3. The Labute approximate surface area is 304 Å². The Bertz CT molecular complexity index is 2860. The van der Waals surface area contributed by atoms with E-state index < -0.39 is 0 Å². The van der Waals surface area contributed by atoms with Crippen molar-refractivity contribution in [1.82, 2.24) is 18.9 Å². The van der Waals surface area contributed by atoms with Gasteiger partial charge in [0, 0.05) is 39.9 Å². The number of pyridine rings is 2. The summed E-state index contributed by atoms with van der Waals surface area (Å²) in [6.07, 6.45) is 3.73. The van der Waals surface area contributed by atoms with Crippen LogP contribution in [-0.4, -0.2) is 18.9 Å². The third-order valence-electron chi connectivity index (χ3n) is 9.85. The molecule has 10 aromatic rings. The number of nitrogens with zero attached hydrogens (tertiary/aromatic N) is 5. The molecule has 242 valence electrons. The molecule has 0 aliphatic rings. The van der Waals surface area contributed by atoms with Gasteiger partial charge in [0.1, 0.15) is 11.5 Å². The molecule has 0 saturated carbocycles. The zero-order valence-electron chi connectivity index (χ0n) is 27.8. The van der Waals surface area contributed by atoms with Crippen LogP contribution in [-0.2, 0) is 26.5 Å². The monoisotopic (exact) mass is 824 g/mol. The number of rotatable bonds is 4. The van der Waals surface area contributed by atoms with E-state index in [0.717, 1.165) is 55.8 Å². The van der Waals surface area contributed by atoms with E-state index in [1.54, 1.807) is 0 Å². The summed E-state index contributed by atoms with van der Waals surface area (Å²) in [5, 5.41) is 7.11. The van der Waals surface area contributed by atoms with Gasteiger partial charge < -0.3 is 13.9 Å². The zero-order chi connectivity index (χ0) is 32.9. The predicted molar refractivity (Wildman–Crippen MR) is 202 cm³/mol. The molecule has 10 rings (SSSR count). The molecule has 0 N–H and O–H groups in total. The van der Waals surface area contributed by atoms with Crippen molar-refractivity contribution in [3.8, 4) is 5.82 Å². The zero-order valence-corrected chi connectivity index (χ0v) is 30.0. The van der Waals surface area contributed by atoms with Gasteiger partial charge >= 0.3 is 21.1 Å².